The SMILES string of the molecule is O=C(O)NCc1nc2cc(Br)cc(C(F)(F)F)c2[nH]1. The second-order valence-corrected chi connectivity index (χ2v) is 4.60. The molecule has 0 spiro atoms. The van der Waals surface area contributed by atoms with Crippen LogP contribution in [0.15, 0.2) is 16.6 Å². The van der Waals surface area contributed by atoms with Crippen molar-refractivity contribution in [1.82, 2.24) is 15.3 Å². The number of nitrogens with zero attached hydrogens (tertiary/aromatic N) is 1. The molecule has 0 atom stereocenters. The fraction of sp³-hybridized carbons (Fsp3) is 0.200. The van der Waals surface area contributed by atoms with Crippen LogP contribution in [0.4, 0.5) is 18.0 Å². The predicted octanol–water partition coefficient (Wildman–Crippen LogP) is 3.11. The van der Waals surface area contributed by atoms with Crippen molar-refractivity contribution >= 4 is 33.1 Å². The molecule has 0 saturated heterocycles. The van der Waals surface area contributed by atoms with Crippen LogP contribution in [0.5, 0.6) is 0 Å². The van der Waals surface area contributed by atoms with Crippen molar-refractivity contribution < 1.29 is 23.1 Å². The van der Waals surface area contributed by atoms with Gasteiger partial charge in [-0.2, -0.15) is 13.2 Å². The molecular formula is C10H7BrF3N3O2. The van der Waals surface area contributed by atoms with E-state index in [1.807, 2.05) is 5.32 Å². The summed E-state index contributed by atoms with van der Waals surface area (Å²) in [4.78, 5) is 16.7. The Hall–Kier alpha value is -1.77. The number of aromatic nitrogens is 2. The van der Waals surface area contributed by atoms with E-state index in [0.29, 0.717) is 0 Å². The molecule has 3 N–H and O–H groups in total. The van der Waals surface area contributed by atoms with E-state index in [0.717, 1.165) is 6.07 Å². The quantitative estimate of drug-likeness (QED) is 0.787. The molecular weight excluding hydrogens is 331 g/mol. The lowest BCUT2D eigenvalue weighted by molar-refractivity contribution is -0.136. The van der Waals surface area contributed by atoms with E-state index in [9.17, 15) is 18.0 Å². The van der Waals surface area contributed by atoms with Gasteiger partial charge in [0.05, 0.1) is 23.1 Å². The number of halogens is 4. The summed E-state index contributed by atoms with van der Waals surface area (Å²) in [5.41, 5.74) is -0.910. The second kappa shape index (κ2) is 4.72. The monoisotopic (exact) mass is 337 g/mol. The Morgan fingerprint density at radius 1 is 1.47 bits per heavy atom. The zero-order valence-electron chi connectivity index (χ0n) is 9.18. The van der Waals surface area contributed by atoms with Crippen molar-refractivity contribution in [2.75, 3.05) is 0 Å². The number of alkyl halides is 3. The number of carbonyl (C=O) groups is 1. The summed E-state index contributed by atoms with van der Waals surface area (Å²) in [6, 6.07) is 2.36. The summed E-state index contributed by atoms with van der Waals surface area (Å²) < 4.78 is 38.8. The zero-order chi connectivity index (χ0) is 14.2. The van der Waals surface area contributed by atoms with Crippen LogP contribution in [-0.2, 0) is 12.7 Å². The van der Waals surface area contributed by atoms with E-state index in [4.69, 9.17) is 5.11 Å². The van der Waals surface area contributed by atoms with E-state index in [2.05, 4.69) is 25.9 Å². The van der Waals surface area contributed by atoms with Crippen LogP contribution in [0.3, 0.4) is 0 Å². The molecule has 1 aromatic carbocycles. The fourth-order valence-corrected chi connectivity index (χ4v) is 2.04. The highest BCUT2D eigenvalue weighted by Gasteiger charge is 2.34. The van der Waals surface area contributed by atoms with Crippen LogP contribution in [-0.4, -0.2) is 21.2 Å². The van der Waals surface area contributed by atoms with Gasteiger partial charge in [-0.05, 0) is 12.1 Å². The standard InChI is InChI=1S/C10H7BrF3N3O2/c11-4-1-5(10(12,13)14)8-6(2-4)16-7(17-8)3-15-9(18)19/h1-2,15H,3H2,(H,16,17)(H,18,19). The van der Waals surface area contributed by atoms with Gasteiger partial charge in [0.1, 0.15) is 5.82 Å². The summed E-state index contributed by atoms with van der Waals surface area (Å²) in [5.74, 6) is 0.112. The Morgan fingerprint density at radius 3 is 2.74 bits per heavy atom. The topological polar surface area (TPSA) is 78.0 Å². The Labute approximate surface area is 113 Å². The van der Waals surface area contributed by atoms with Gasteiger partial charge in [0.15, 0.2) is 0 Å². The van der Waals surface area contributed by atoms with Crippen molar-refractivity contribution in [3.63, 3.8) is 0 Å². The van der Waals surface area contributed by atoms with Crippen molar-refractivity contribution in [3.05, 3.63) is 28.0 Å². The third-order valence-corrected chi connectivity index (χ3v) is 2.78. The molecule has 1 amide bonds. The summed E-state index contributed by atoms with van der Waals surface area (Å²) in [6.45, 7) is -0.196. The smallest absolute Gasteiger partial charge is 0.418 e. The van der Waals surface area contributed by atoms with E-state index in [1.54, 1.807) is 0 Å². The van der Waals surface area contributed by atoms with Gasteiger partial charge in [0.2, 0.25) is 0 Å². The number of nitrogens with one attached hydrogen (secondary N) is 2. The Morgan fingerprint density at radius 2 is 2.16 bits per heavy atom. The number of hydrogen-bond acceptors (Lipinski definition) is 2. The normalized spacial score (nSPS) is 11.8. The van der Waals surface area contributed by atoms with Crippen LogP contribution in [0.2, 0.25) is 0 Å². The molecule has 5 nitrogen and oxygen atoms in total. The number of aromatic amines is 1. The molecule has 1 aromatic heterocycles. The average Bonchev–Trinajstić information content (AvgIpc) is 2.66. The number of fused-ring (bicyclic) bond motifs is 1. The third-order valence-electron chi connectivity index (χ3n) is 2.32. The van der Waals surface area contributed by atoms with Crippen LogP contribution in [0.1, 0.15) is 11.4 Å². The largest absolute Gasteiger partial charge is 0.465 e. The van der Waals surface area contributed by atoms with Gasteiger partial charge in [-0.25, -0.2) is 9.78 Å². The zero-order valence-corrected chi connectivity index (χ0v) is 10.8. The maximum Gasteiger partial charge on any atom is 0.418 e. The van der Waals surface area contributed by atoms with Crippen LogP contribution in [0, 0.1) is 0 Å². The molecule has 0 aliphatic rings. The number of carboxylic acid groups (broad SMARTS) is 1. The number of hydrogen-bond donors (Lipinski definition) is 3. The number of imidazole rings is 1. The van der Waals surface area contributed by atoms with Gasteiger partial charge in [-0.1, -0.05) is 15.9 Å². The van der Waals surface area contributed by atoms with Gasteiger partial charge >= 0.3 is 12.3 Å². The first kappa shape index (κ1) is 13.7. The van der Waals surface area contributed by atoms with E-state index in [1.165, 1.54) is 6.07 Å². The summed E-state index contributed by atoms with van der Waals surface area (Å²) in [7, 11) is 0. The summed E-state index contributed by atoms with van der Waals surface area (Å²) in [6.07, 6.45) is -5.80. The van der Waals surface area contributed by atoms with Gasteiger partial charge in [0, 0.05) is 4.47 Å². The highest BCUT2D eigenvalue weighted by Crippen LogP contribution is 2.36. The lowest BCUT2D eigenvalue weighted by Gasteiger charge is -2.07. The Kier molecular flexibility index (Phi) is 3.40. The van der Waals surface area contributed by atoms with Crippen molar-refractivity contribution in [1.29, 1.82) is 0 Å². The molecule has 0 saturated carbocycles. The molecule has 1 heterocycles. The first-order valence-corrected chi connectivity index (χ1v) is 5.79. The number of amides is 1. The fourth-order valence-electron chi connectivity index (χ4n) is 1.60. The lowest BCUT2D eigenvalue weighted by atomic mass is 10.2. The van der Waals surface area contributed by atoms with E-state index < -0.39 is 17.8 Å². The number of benzene rings is 1. The molecule has 2 aromatic rings. The van der Waals surface area contributed by atoms with Crippen LogP contribution in [0.25, 0.3) is 11.0 Å². The first-order chi connectivity index (χ1) is 8.77. The Bertz CT molecular complexity index is 639. The van der Waals surface area contributed by atoms with Gasteiger partial charge in [0.25, 0.3) is 0 Å². The predicted molar refractivity (Wildman–Crippen MR) is 63.7 cm³/mol. The van der Waals surface area contributed by atoms with Crippen molar-refractivity contribution in [2.24, 2.45) is 0 Å². The molecule has 0 fully saturated rings. The van der Waals surface area contributed by atoms with Crippen LogP contribution >= 0.6 is 15.9 Å². The van der Waals surface area contributed by atoms with Crippen LogP contribution < -0.4 is 5.32 Å². The third kappa shape index (κ3) is 2.98. The lowest BCUT2D eigenvalue weighted by Crippen LogP contribution is -2.20. The minimum Gasteiger partial charge on any atom is -0.465 e. The number of rotatable bonds is 2. The highest BCUT2D eigenvalue weighted by atomic mass is 79.9. The van der Waals surface area contributed by atoms with Gasteiger partial charge in [-0.15, -0.1) is 0 Å². The summed E-state index contributed by atoms with van der Waals surface area (Å²) >= 11 is 2.98. The molecule has 0 radical (unpaired) electrons. The average molecular weight is 338 g/mol. The Balaban J connectivity index is 2.49. The summed E-state index contributed by atoms with van der Waals surface area (Å²) in [5, 5.41) is 10.5. The highest BCUT2D eigenvalue weighted by molar-refractivity contribution is 9.10. The maximum absolute atomic E-state index is 12.8. The maximum atomic E-state index is 12.8. The molecule has 2 rings (SSSR count). The molecule has 102 valence electrons. The van der Waals surface area contributed by atoms with E-state index >= 15 is 0 Å². The molecule has 0 unspecified atom stereocenters. The number of H-pyrrole nitrogens is 1. The van der Waals surface area contributed by atoms with Crippen molar-refractivity contribution in [2.45, 2.75) is 12.7 Å². The molecule has 9 heteroatoms. The second-order valence-electron chi connectivity index (χ2n) is 3.69. The molecule has 0 bridgehead atoms. The van der Waals surface area contributed by atoms with E-state index in [-0.39, 0.29) is 27.9 Å². The van der Waals surface area contributed by atoms with Gasteiger partial charge < -0.3 is 15.4 Å². The molecule has 19 heavy (non-hydrogen) atoms. The van der Waals surface area contributed by atoms with Gasteiger partial charge in [-0.3, -0.25) is 0 Å². The first-order valence-electron chi connectivity index (χ1n) is 4.99. The minimum absolute atomic E-state index is 0.112. The minimum atomic E-state index is -4.52. The molecule has 0 aliphatic carbocycles. The van der Waals surface area contributed by atoms with Crippen molar-refractivity contribution in [3.8, 4) is 0 Å². The molecule has 0 aliphatic heterocycles.